The molecule has 59 heavy (non-hydrogen) atoms. The third-order valence-corrected chi connectivity index (χ3v) is 9.54. The van der Waals surface area contributed by atoms with Crippen LogP contribution < -0.4 is 54.4 Å². The first kappa shape index (κ1) is 53.9. The normalized spacial score (nSPS) is 16.8. The molecular weight excluding hydrogens is 778 g/mol. The van der Waals surface area contributed by atoms with Crippen LogP contribution in [0.2, 0.25) is 0 Å². The molecule has 0 heterocycles. The lowest BCUT2D eigenvalue weighted by Crippen LogP contribution is -2.62. The zero-order valence-electron chi connectivity index (χ0n) is 35.1. The number of hydrogen-bond acceptors (Lipinski definition) is 13. The molecule has 0 aliphatic rings. The zero-order valence-corrected chi connectivity index (χ0v) is 35.1. The highest BCUT2D eigenvalue weighted by Gasteiger charge is 2.36. The van der Waals surface area contributed by atoms with Crippen molar-refractivity contribution in [3.8, 4) is 0 Å². The minimum atomic E-state index is -1.72. The lowest BCUT2D eigenvalue weighted by Gasteiger charge is -2.29. The van der Waals surface area contributed by atoms with Gasteiger partial charge in [-0.15, -0.1) is 0 Å². The van der Waals surface area contributed by atoms with Crippen LogP contribution in [-0.2, 0) is 38.4 Å². The van der Waals surface area contributed by atoms with Crippen LogP contribution in [0, 0.1) is 17.8 Å². The summed E-state index contributed by atoms with van der Waals surface area (Å²) in [5, 5.41) is 56.4. The summed E-state index contributed by atoms with van der Waals surface area (Å²) in [6.07, 6.45) is -2.10. The van der Waals surface area contributed by atoms with Gasteiger partial charge in [0.05, 0.1) is 31.4 Å². The third kappa shape index (κ3) is 19.0. The van der Waals surface area contributed by atoms with E-state index in [0.717, 1.165) is 13.8 Å². The summed E-state index contributed by atoms with van der Waals surface area (Å²) in [5.74, 6) is -9.18. The molecular formula is C36H67N11O12. The molecule has 338 valence electrons. The van der Waals surface area contributed by atoms with Crippen molar-refractivity contribution in [2.24, 2.45) is 39.9 Å². The van der Waals surface area contributed by atoms with Crippen LogP contribution >= 0.6 is 0 Å². The van der Waals surface area contributed by atoms with Crippen molar-refractivity contribution in [3.63, 3.8) is 0 Å². The first-order valence-corrected chi connectivity index (χ1v) is 19.5. The Morgan fingerprint density at radius 2 is 1.08 bits per heavy atom. The number of nitrogens with two attached hydrogens (primary N) is 3. The number of aliphatic imine (C=N–C) groups is 1. The Morgan fingerprint density at radius 1 is 0.610 bits per heavy atom. The summed E-state index contributed by atoms with van der Waals surface area (Å²) < 4.78 is 0. The van der Waals surface area contributed by atoms with Gasteiger partial charge < -0.3 is 74.8 Å². The monoisotopic (exact) mass is 845 g/mol. The molecule has 0 aliphatic carbocycles. The maximum absolute atomic E-state index is 13.5. The fourth-order valence-corrected chi connectivity index (χ4v) is 5.29. The Hall–Kier alpha value is -5.13. The minimum absolute atomic E-state index is 0.0742. The largest absolute Gasteiger partial charge is 0.480 e. The van der Waals surface area contributed by atoms with Gasteiger partial charge in [-0.25, -0.2) is 4.79 Å². The van der Waals surface area contributed by atoms with Crippen molar-refractivity contribution in [1.82, 2.24) is 37.2 Å². The molecule has 0 aromatic carbocycles. The molecule has 0 radical (unpaired) electrons. The number of carbonyl (C=O) groups excluding carboxylic acids is 7. The number of carboxylic acid groups (broad SMARTS) is 1. The molecule has 23 heteroatoms. The van der Waals surface area contributed by atoms with Crippen LogP contribution in [0.1, 0.15) is 81.1 Å². The van der Waals surface area contributed by atoms with Gasteiger partial charge in [0, 0.05) is 6.54 Å². The van der Waals surface area contributed by atoms with Crippen molar-refractivity contribution < 1.29 is 58.8 Å². The predicted molar refractivity (Wildman–Crippen MR) is 214 cm³/mol. The van der Waals surface area contributed by atoms with Crippen LogP contribution in [-0.4, -0.2) is 148 Å². The van der Waals surface area contributed by atoms with Crippen LogP contribution in [0.15, 0.2) is 4.99 Å². The van der Waals surface area contributed by atoms with E-state index in [1.807, 2.05) is 6.92 Å². The molecule has 0 aromatic rings. The van der Waals surface area contributed by atoms with Crippen molar-refractivity contribution >= 4 is 53.3 Å². The van der Waals surface area contributed by atoms with Crippen molar-refractivity contribution in [3.05, 3.63) is 0 Å². The number of rotatable bonds is 27. The van der Waals surface area contributed by atoms with Gasteiger partial charge >= 0.3 is 5.97 Å². The second-order valence-corrected chi connectivity index (χ2v) is 14.8. The number of aliphatic hydroxyl groups is 3. The summed E-state index contributed by atoms with van der Waals surface area (Å²) in [5.41, 5.74) is 16.4. The predicted octanol–water partition coefficient (Wildman–Crippen LogP) is -5.02. The van der Waals surface area contributed by atoms with Gasteiger partial charge in [-0.05, 0) is 44.4 Å². The number of guanidine groups is 1. The Balaban J connectivity index is 5.75. The second-order valence-electron chi connectivity index (χ2n) is 14.8. The summed E-state index contributed by atoms with van der Waals surface area (Å²) >= 11 is 0. The molecule has 0 saturated heterocycles. The van der Waals surface area contributed by atoms with Crippen LogP contribution in [0.5, 0.6) is 0 Å². The molecule has 0 unspecified atom stereocenters. The van der Waals surface area contributed by atoms with E-state index in [4.69, 9.17) is 17.2 Å². The first-order valence-electron chi connectivity index (χ1n) is 19.5. The molecule has 0 bridgehead atoms. The highest BCUT2D eigenvalue weighted by atomic mass is 16.4. The topological polar surface area (TPSA) is 392 Å². The Kier molecular flexibility index (Phi) is 24.5. The molecule has 23 nitrogen and oxygen atoms in total. The molecule has 0 aliphatic heterocycles. The maximum Gasteiger partial charge on any atom is 0.326 e. The van der Waals surface area contributed by atoms with Crippen molar-refractivity contribution in [2.75, 3.05) is 19.7 Å². The van der Waals surface area contributed by atoms with Gasteiger partial charge in [0.1, 0.15) is 36.3 Å². The number of nitrogens with one attached hydrogen (secondary N) is 7. The highest BCUT2D eigenvalue weighted by Crippen LogP contribution is 2.11. The second kappa shape index (κ2) is 26.8. The number of aliphatic carboxylic acids is 1. The van der Waals surface area contributed by atoms with Gasteiger partial charge in [0.15, 0.2) is 5.96 Å². The van der Waals surface area contributed by atoms with E-state index in [1.165, 1.54) is 0 Å². The standard InChI is InChI=1S/C36H67N11O12/c1-9-17(5)24(37)30(53)43-22(15-48)29(52)45-25(16(3)4)32(55)46-26(18(6)10-2)31(54)41-14-23(51)44-27(19(7)49)34(57)47-28(20(8)50)33(56)42-21(35(58)59)12-11-13-40-36(38)39/h16-22,24-28,48-50H,9-15,37H2,1-8H3,(H,41,54)(H,42,56)(H,43,53)(H,44,51)(H,45,52)(H,46,55)(H,47,57)(H,58,59)(H4,38,39,40)/t17-,18-,19+,20+,21-,22-,24-,25-,26-,27-,28-/m0/s1. The molecule has 0 aromatic heterocycles. The summed E-state index contributed by atoms with van der Waals surface area (Å²) in [6.45, 7) is 11.1. The molecule has 0 fully saturated rings. The smallest absolute Gasteiger partial charge is 0.326 e. The fraction of sp³-hybridized carbons (Fsp3) is 0.750. The average molecular weight is 846 g/mol. The molecule has 0 spiro atoms. The Bertz CT molecular complexity index is 1460. The summed E-state index contributed by atoms with van der Waals surface area (Å²) in [6, 6.07) is -9.72. The minimum Gasteiger partial charge on any atom is -0.480 e. The quantitative estimate of drug-likeness (QED) is 0.0209. The molecule has 0 saturated carbocycles. The van der Waals surface area contributed by atoms with Crippen molar-refractivity contribution in [1.29, 1.82) is 0 Å². The van der Waals surface area contributed by atoms with Gasteiger partial charge in [0.25, 0.3) is 0 Å². The van der Waals surface area contributed by atoms with E-state index in [2.05, 4.69) is 42.2 Å². The number of carbonyl (C=O) groups is 8. The lowest BCUT2D eigenvalue weighted by molar-refractivity contribution is -0.143. The first-order chi connectivity index (χ1) is 27.4. The van der Waals surface area contributed by atoms with Crippen LogP contribution in [0.4, 0.5) is 0 Å². The Labute approximate surface area is 344 Å². The number of amides is 7. The highest BCUT2D eigenvalue weighted by molar-refractivity contribution is 5.97. The molecule has 17 N–H and O–H groups in total. The van der Waals surface area contributed by atoms with E-state index < -0.39 is 127 Å². The SMILES string of the molecule is CC[C@H](C)[C@H](N)C(=O)N[C@@H](CO)C(=O)N[C@H](C(=O)N[C@H](C(=O)NCC(=O)N[C@H](C(=O)N[C@H](C(=O)N[C@@H](CCCN=C(N)N)C(=O)O)[C@@H](C)O)[C@@H](C)O)[C@@H](C)CC)C(C)C. The van der Waals surface area contributed by atoms with Gasteiger partial charge in [0.2, 0.25) is 41.4 Å². The van der Waals surface area contributed by atoms with E-state index in [1.54, 1.807) is 34.6 Å². The number of nitrogens with zero attached hydrogens (tertiary/aromatic N) is 1. The number of carboxylic acids is 1. The van der Waals surface area contributed by atoms with E-state index in [-0.39, 0.29) is 31.3 Å². The molecule has 7 amide bonds. The van der Waals surface area contributed by atoms with E-state index in [0.29, 0.717) is 12.8 Å². The zero-order chi connectivity index (χ0) is 45.7. The summed E-state index contributed by atoms with van der Waals surface area (Å²) in [7, 11) is 0. The molecule has 11 atom stereocenters. The lowest BCUT2D eigenvalue weighted by atomic mass is 9.96. The summed E-state index contributed by atoms with van der Waals surface area (Å²) in [4.78, 5) is 107. The van der Waals surface area contributed by atoms with Crippen LogP contribution in [0.25, 0.3) is 0 Å². The van der Waals surface area contributed by atoms with Gasteiger partial charge in [-0.1, -0.05) is 54.4 Å². The third-order valence-electron chi connectivity index (χ3n) is 9.54. The average Bonchev–Trinajstić information content (AvgIpc) is 3.17. The Morgan fingerprint density at radius 3 is 1.56 bits per heavy atom. The fourth-order valence-electron chi connectivity index (χ4n) is 5.29. The van der Waals surface area contributed by atoms with Gasteiger partial charge in [-0.3, -0.25) is 38.6 Å². The number of aliphatic hydroxyl groups excluding tert-OH is 3. The maximum atomic E-state index is 13.5. The van der Waals surface area contributed by atoms with Crippen LogP contribution in [0.3, 0.4) is 0 Å². The van der Waals surface area contributed by atoms with E-state index in [9.17, 15) is 58.8 Å². The van der Waals surface area contributed by atoms with E-state index >= 15 is 0 Å². The molecule has 0 rings (SSSR count). The van der Waals surface area contributed by atoms with Crippen molar-refractivity contribution in [2.45, 2.75) is 136 Å². The van der Waals surface area contributed by atoms with Gasteiger partial charge in [-0.2, -0.15) is 0 Å². The number of hydrogen-bond donors (Lipinski definition) is 14.